The number of quaternary nitrogens is 1. The van der Waals surface area contributed by atoms with Crippen molar-refractivity contribution >= 4 is 22.6 Å². The Morgan fingerprint density at radius 2 is 1.84 bits per heavy atom. The summed E-state index contributed by atoms with van der Waals surface area (Å²) in [6.07, 6.45) is 0. The van der Waals surface area contributed by atoms with E-state index >= 15 is 0 Å². The molecule has 0 fully saturated rings. The third-order valence-corrected chi connectivity index (χ3v) is 5.01. The van der Waals surface area contributed by atoms with Crippen LogP contribution in [0.5, 0.6) is 0 Å². The van der Waals surface area contributed by atoms with Crippen molar-refractivity contribution in [1.29, 1.82) is 0 Å². The highest BCUT2D eigenvalue weighted by molar-refractivity contribution is 6.32. The predicted octanol–water partition coefficient (Wildman–Crippen LogP) is 4.22. The minimum Gasteiger partial charge on any atom is -0.423 e. The first kappa shape index (κ1) is 17.7. The maximum Gasteiger partial charge on any atom is 0.336 e. The molecule has 1 heterocycles. The number of hydrogen-bond donors (Lipinski definition) is 1. The summed E-state index contributed by atoms with van der Waals surface area (Å²) in [5, 5.41) is 3.87. The van der Waals surface area contributed by atoms with Gasteiger partial charge in [0, 0.05) is 33.5 Å². The quantitative estimate of drug-likeness (QED) is 0.696. The summed E-state index contributed by atoms with van der Waals surface area (Å²) < 4.78 is 5.35. The standard InChI is InChI=1S/C21H22ClNO2/c1-13(2)21(15-7-5-4-6-8-15)23-12-16-10-20(24)25-19-9-14(3)18(22)11-17(16)19/h4-11,13,21,23H,12H2,1-3H3/p+1/t21-/m0/s1. The van der Waals surface area contributed by atoms with E-state index in [1.54, 1.807) is 6.07 Å². The van der Waals surface area contributed by atoms with Crippen LogP contribution in [0.25, 0.3) is 11.0 Å². The van der Waals surface area contributed by atoms with Gasteiger partial charge in [-0.05, 0) is 24.6 Å². The lowest BCUT2D eigenvalue weighted by Crippen LogP contribution is -2.84. The van der Waals surface area contributed by atoms with E-state index in [1.807, 2.05) is 25.1 Å². The molecule has 3 aromatic rings. The van der Waals surface area contributed by atoms with Gasteiger partial charge in [-0.1, -0.05) is 55.8 Å². The van der Waals surface area contributed by atoms with Crippen molar-refractivity contribution in [2.24, 2.45) is 5.92 Å². The molecule has 0 unspecified atom stereocenters. The number of fused-ring (bicyclic) bond motifs is 1. The van der Waals surface area contributed by atoms with Crippen LogP contribution < -0.4 is 10.9 Å². The Labute approximate surface area is 152 Å². The molecule has 0 spiro atoms. The van der Waals surface area contributed by atoms with Crippen LogP contribution >= 0.6 is 11.6 Å². The maximum absolute atomic E-state index is 11.9. The topological polar surface area (TPSA) is 46.8 Å². The van der Waals surface area contributed by atoms with Gasteiger partial charge in [0.25, 0.3) is 0 Å². The van der Waals surface area contributed by atoms with Crippen LogP contribution in [0.4, 0.5) is 0 Å². The summed E-state index contributed by atoms with van der Waals surface area (Å²) >= 11 is 6.28. The molecule has 4 heteroatoms. The van der Waals surface area contributed by atoms with E-state index in [0.717, 1.165) is 16.5 Å². The molecule has 0 saturated heterocycles. The van der Waals surface area contributed by atoms with Crippen LogP contribution in [0.3, 0.4) is 0 Å². The smallest absolute Gasteiger partial charge is 0.336 e. The number of benzene rings is 2. The molecule has 3 rings (SSSR count). The van der Waals surface area contributed by atoms with Crippen molar-refractivity contribution in [2.45, 2.75) is 33.4 Å². The zero-order valence-corrected chi connectivity index (χ0v) is 15.5. The van der Waals surface area contributed by atoms with E-state index in [0.29, 0.717) is 29.1 Å². The number of halogens is 1. The Morgan fingerprint density at radius 3 is 2.52 bits per heavy atom. The van der Waals surface area contributed by atoms with Crippen molar-refractivity contribution in [3.63, 3.8) is 0 Å². The van der Waals surface area contributed by atoms with Crippen LogP contribution in [0.1, 0.15) is 36.6 Å². The summed E-state index contributed by atoms with van der Waals surface area (Å²) in [4.78, 5) is 11.9. The van der Waals surface area contributed by atoms with E-state index in [2.05, 4.69) is 43.4 Å². The molecule has 2 N–H and O–H groups in total. The number of hydrogen-bond acceptors (Lipinski definition) is 2. The maximum atomic E-state index is 11.9. The van der Waals surface area contributed by atoms with Crippen molar-refractivity contribution in [1.82, 2.24) is 0 Å². The van der Waals surface area contributed by atoms with E-state index < -0.39 is 0 Å². The van der Waals surface area contributed by atoms with E-state index in [-0.39, 0.29) is 5.63 Å². The molecule has 0 saturated carbocycles. The first-order valence-corrected chi connectivity index (χ1v) is 8.94. The minimum atomic E-state index is -0.321. The van der Waals surface area contributed by atoms with Crippen LogP contribution in [-0.2, 0) is 6.54 Å². The molecule has 0 aliphatic carbocycles. The molecule has 0 radical (unpaired) electrons. The van der Waals surface area contributed by atoms with Gasteiger partial charge in [0.15, 0.2) is 0 Å². The molecule has 25 heavy (non-hydrogen) atoms. The van der Waals surface area contributed by atoms with E-state index in [1.165, 1.54) is 5.56 Å². The third-order valence-electron chi connectivity index (χ3n) is 4.60. The van der Waals surface area contributed by atoms with Crippen LogP contribution in [0.15, 0.2) is 57.7 Å². The van der Waals surface area contributed by atoms with E-state index in [9.17, 15) is 4.79 Å². The van der Waals surface area contributed by atoms with Crippen molar-refractivity contribution in [2.75, 3.05) is 0 Å². The highest BCUT2D eigenvalue weighted by Crippen LogP contribution is 2.25. The second-order valence-corrected chi connectivity index (χ2v) is 7.22. The highest BCUT2D eigenvalue weighted by Gasteiger charge is 2.20. The molecule has 1 atom stereocenters. The molecule has 0 aliphatic rings. The summed E-state index contributed by atoms with van der Waals surface area (Å²) in [7, 11) is 0. The Morgan fingerprint density at radius 1 is 1.12 bits per heavy atom. The molecule has 0 aliphatic heterocycles. The van der Waals surface area contributed by atoms with Gasteiger partial charge in [0.05, 0.1) is 0 Å². The Hall–Kier alpha value is -2.10. The third kappa shape index (κ3) is 3.94. The molecule has 0 bridgehead atoms. The Bertz CT molecular complexity index is 932. The average Bonchev–Trinajstić information content (AvgIpc) is 2.57. The highest BCUT2D eigenvalue weighted by atomic mass is 35.5. The molecular formula is C21H23ClNO2+. The van der Waals surface area contributed by atoms with Crippen LogP contribution in [0.2, 0.25) is 5.02 Å². The SMILES string of the molecule is Cc1cc2oc(=O)cc(C[NH2+][C@H](c3ccccc3)C(C)C)c2cc1Cl. The Balaban J connectivity index is 1.94. The lowest BCUT2D eigenvalue weighted by atomic mass is 9.95. The molecule has 1 aromatic heterocycles. The Kier molecular flexibility index (Phi) is 5.26. The average molecular weight is 357 g/mol. The normalized spacial score (nSPS) is 12.7. The van der Waals surface area contributed by atoms with Crippen molar-refractivity contribution < 1.29 is 9.73 Å². The number of rotatable bonds is 5. The number of nitrogens with two attached hydrogens (primary N) is 1. The molecular weight excluding hydrogens is 334 g/mol. The lowest BCUT2D eigenvalue weighted by Gasteiger charge is -2.20. The zero-order chi connectivity index (χ0) is 18.0. The second-order valence-electron chi connectivity index (χ2n) is 6.81. The fraction of sp³-hybridized carbons (Fsp3) is 0.286. The van der Waals surface area contributed by atoms with Gasteiger partial charge in [0.2, 0.25) is 0 Å². The summed E-state index contributed by atoms with van der Waals surface area (Å²) in [5.41, 5.74) is 3.42. The van der Waals surface area contributed by atoms with Gasteiger partial charge >= 0.3 is 5.63 Å². The summed E-state index contributed by atoms with van der Waals surface area (Å²) in [6.45, 7) is 7.03. The fourth-order valence-electron chi connectivity index (χ4n) is 3.24. The van der Waals surface area contributed by atoms with E-state index in [4.69, 9.17) is 16.0 Å². The second kappa shape index (κ2) is 7.42. The first-order valence-electron chi connectivity index (χ1n) is 8.57. The minimum absolute atomic E-state index is 0.321. The first-order chi connectivity index (χ1) is 12.0. The van der Waals surface area contributed by atoms with Crippen LogP contribution in [-0.4, -0.2) is 0 Å². The van der Waals surface area contributed by atoms with Crippen LogP contribution in [0, 0.1) is 12.8 Å². The molecule has 3 nitrogen and oxygen atoms in total. The summed E-state index contributed by atoms with van der Waals surface area (Å²) in [6, 6.07) is 16.1. The van der Waals surface area contributed by atoms with Gasteiger partial charge in [-0.15, -0.1) is 0 Å². The monoisotopic (exact) mass is 356 g/mol. The molecule has 2 aromatic carbocycles. The van der Waals surface area contributed by atoms with Gasteiger partial charge in [-0.25, -0.2) is 4.79 Å². The molecule has 130 valence electrons. The number of aryl methyl sites for hydroxylation is 1. The fourth-order valence-corrected chi connectivity index (χ4v) is 3.40. The van der Waals surface area contributed by atoms with Gasteiger partial charge in [-0.3, -0.25) is 0 Å². The predicted molar refractivity (Wildman–Crippen MR) is 102 cm³/mol. The van der Waals surface area contributed by atoms with Gasteiger partial charge in [0.1, 0.15) is 18.2 Å². The van der Waals surface area contributed by atoms with Crippen molar-refractivity contribution in [3.05, 3.63) is 80.7 Å². The largest absolute Gasteiger partial charge is 0.423 e. The van der Waals surface area contributed by atoms with Gasteiger partial charge in [-0.2, -0.15) is 0 Å². The van der Waals surface area contributed by atoms with Crippen molar-refractivity contribution in [3.8, 4) is 0 Å². The summed E-state index contributed by atoms with van der Waals surface area (Å²) in [5.74, 6) is 0.472. The van der Waals surface area contributed by atoms with Gasteiger partial charge < -0.3 is 9.73 Å². The molecule has 0 amide bonds. The zero-order valence-electron chi connectivity index (χ0n) is 14.8. The lowest BCUT2D eigenvalue weighted by molar-refractivity contribution is -0.716.